The highest BCUT2D eigenvalue weighted by molar-refractivity contribution is 7.80. The third-order valence-electron chi connectivity index (χ3n) is 8.63. The zero-order valence-electron chi connectivity index (χ0n) is 33.7. The fourth-order valence-corrected chi connectivity index (χ4v) is 5.94. The van der Waals surface area contributed by atoms with Crippen LogP contribution in [-0.2, 0) is 28.8 Å². The molecule has 3 aliphatic rings. The first-order valence-electron chi connectivity index (χ1n) is 18.1. The van der Waals surface area contributed by atoms with E-state index >= 15 is 0 Å². The van der Waals surface area contributed by atoms with E-state index in [1.54, 1.807) is 18.2 Å². The molecule has 6 rings (SSSR count). The first-order chi connectivity index (χ1) is 29.8. The Morgan fingerprint density at radius 3 is 1.51 bits per heavy atom. The molecule has 3 aromatic rings. The van der Waals surface area contributed by atoms with Gasteiger partial charge in [0.2, 0.25) is 0 Å². The predicted molar refractivity (Wildman–Crippen MR) is 236 cm³/mol. The second-order valence-electron chi connectivity index (χ2n) is 13.1. The van der Waals surface area contributed by atoms with Crippen LogP contribution >= 0.6 is 21.5 Å². The lowest BCUT2D eigenvalue weighted by Crippen LogP contribution is -2.52. The molecule has 3 aromatic carbocycles. The highest BCUT2D eigenvalue weighted by atomic mass is 32.1. The summed E-state index contributed by atoms with van der Waals surface area (Å²) in [6.45, 7) is 0. The summed E-state index contributed by atoms with van der Waals surface area (Å²) >= 11 is 4.73. The van der Waals surface area contributed by atoms with Crippen molar-refractivity contribution < 1.29 is 51.5 Å². The fourth-order valence-electron chi connectivity index (χ4n) is 5.41. The Morgan fingerprint density at radius 2 is 1.00 bits per heavy atom. The summed E-state index contributed by atoms with van der Waals surface area (Å²) in [7, 11) is 8.77. The molecule has 324 valence electrons. The van der Waals surface area contributed by atoms with Crippen LogP contribution in [0.3, 0.4) is 0 Å². The summed E-state index contributed by atoms with van der Waals surface area (Å²) in [5.41, 5.74) is 1.63. The Hall–Kier alpha value is -7.63. The standard InChI is InChI=1S/C15H12F2N2O3.C15H15N3O2S.C13H10FN2O3P/c1-18-13(20)10(14(21)19(2)15(18)22)6-3-5-9-11(16)7-4-8-12(9)17;1-18(2)12-9-4-3-6-10(12)7-5-8-11-13(19)16-15(21)17-14(11)20;14-9-5-2-6-10(20)7(9)3-1-4-8-11(17)15-13(19)16-12(8)18/h3-8H,1-2H3;3-9H,1-2H3,(H2,16,17,19,20,21);1-6H,20H2,(H2,15,16,17,18,19)/b5-3+;7-5+;3-1+. The van der Waals surface area contributed by atoms with Gasteiger partial charge in [0.1, 0.15) is 34.2 Å². The molecule has 0 bridgehead atoms. The Balaban J connectivity index is 0.000000208. The molecule has 10 amide bonds. The number of halogens is 3. The van der Waals surface area contributed by atoms with Gasteiger partial charge in [0.15, 0.2) is 5.11 Å². The van der Waals surface area contributed by atoms with E-state index < -0.39 is 65.0 Å². The van der Waals surface area contributed by atoms with Gasteiger partial charge < -0.3 is 4.90 Å². The van der Waals surface area contributed by atoms with Crippen LogP contribution in [0.25, 0.3) is 18.2 Å². The molecule has 63 heavy (non-hydrogen) atoms. The summed E-state index contributed by atoms with van der Waals surface area (Å²) in [5, 5.41) is 9.34. The number of hydrogen-bond acceptors (Lipinski definition) is 10. The number of carbonyl (C=O) groups is 8. The number of anilines is 1. The van der Waals surface area contributed by atoms with Gasteiger partial charge in [-0.15, -0.1) is 9.24 Å². The van der Waals surface area contributed by atoms with Crippen LogP contribution in [-0.4, -0.2) is 90.6 Å². The molecular weight excluding hydrogens is 863 g/mol. The third-order valence-corrected chi connectivity index (χ3v) is 9.33. The first-order valence-corrected chi connectivity index (χ1v) is 19.1. The van der Waals surface area contributed by atoms with Gasteiger partial charge in [-0.2, -0.15) is 0 Å². The van der Waals surface area contributed by atoms with Crippen molar-refractivity contribution in [1.82, 2.24) is 31.1 Å². The molecule has 0 aliphatic carbocycles. The van der Waals surface area contributed by atoms with Crippen LogP contribution in [0, 0.1) is 17.5 Å². The summed E-state index contributed by atoms with van der Waals surface area (Å²) in [4.78, 5) is 95.9. The monoisotopic (exact) mass is 899 g/mol. The molecule has 3 aliphatic heterocycles. The van der Waals surface area contributed by atoms with Gasteiger partial charge >= 0.3 is 12.1 Å². The zero-order chi connectivity index (χ0) is 46.5. The molecule has 1 unspecified atom stereocenters. The second kappa shape index (κ2) is 21.8. The van der Waals surface area contributed by atoms with E-state index in [0.717, 1.165) is 45.3 Å². The minimum absolute atomic E-state index is 0.0298. The van der Waals surface area contributed by atoms with Crippen molar-refractivity contribution in [3.63, 3.8) is 0 Å². The Kier molecular flexibility index (Phi) is 16.6. The molecule has 0 saturated carbocycles. The molecule has 4 N–H and O–H groups in total. The zero-order valence-corrected chi connectivity index (χ0v) is 35.7. The highest BCUT2D eigenvalue weighted by Gasteiger charge is 2.37. The van der Waals surface area contributed by atoms with Crippen molar-refractivity contribution in [2.45, 2.75) is 0 Å². The number of barbiturate groups is 2. The molecule has 15 nitrogen and oxygen atoms in total. The van der Waals surface area contributed by atoms with Crippen LogP contribution in [0.1, 0.15) is 16.7 Å². The minimum atomic E-state index is -0.859. The third kappa shape index (κ3) is 12.5. The normalized spacial score (nSPS) is 15.4. The van der Waals surface area contributed by atoms with E-state index in [0.29, 0.717) is 10.9 Å². The number of nitrogens with zero attached hydrogens (tertiary/aromatic N) is 3. The van der Waals surface area contributed by atoms with Crippen molar-refractivity contribution in [1.29, 1.82) is 0 Å². The van der Waals surface area contributed by atoms with Gasteiger partial charge in [0.05, 0.1) is 0 Å². The maximum absolute atomic E-state index is 13.5. The molecule has 3 fully saturated rings. The van der Waals surface area contributed by atoms with Gasteiger partial charge in [0.25, 0.3) is 35.4 Å². The number of rotatable bonds is 7. The number of likely N-dealkylation sites (N-methyl/N-ethyl adjacent to an activating group) is 2. The summed E-state index contributed by atoms with van der Waals surface area (Å²) < 4.78 is 40.4. The van der Waals surface area contributed by atoms with E-state index in [-0.39, 0.29) is 27.4 Å². The SMILES string of the molecule is CN(C)c1ccccc1/C=C/C=C1C(=O)NC(=S)NC1=O.CN1C(=O)C(=C/C=C/c2c(F)cccc2F)C(=O)N(C)C1=O.O=C1NC(=O)C(=C/C=C/c2c(F)cccc2P)C(=O)N1. The number of carbonyl (C=O) groups excluding carboxylic acids is 8. The number of benzene rings is 3. The van der Waals surface area contributed by atoms with Crippen LogP contribution < -0.4 is 31.5 Å². The quantitative estimate of drug-likeness (QED) is 0.117. The smallest absolute Gasteiger partial charge is 0.333 e. The fraction of sp³-hybridized carbons (Fsp3) is 0.0930. The van der Waals surface area contributed by atoms with E-state index in [1.165, 1.54) is 56.6 Å². The number of hydrogen-bond donors (Lipinski definition) is 4. The van der Waals surface area contributed by atoms with Crippen molar-refractivity contribution in [2.75, 3.05) is 33.1 Å². The van der Waals surface area contributed by atoms with E-state index in [2.05, 4.69) is 19.9 Å². The summed E-state index contributed by atoms with van der Waals surface area (Å²) in [5.74, 6) is -6.05. The van der Waals surface area contributed by atoms with Crippen molar-refractivity contribution in [3.05, 3.63) is 148 Å². The van der Waals surface area contributed by atoms with Gasteiger partial charge in [0, 0.05) is 45.0 Å². The van der Waals surface area contributed by atoms with E-state index in [1.807, 2.05) is 60.0 Å². The van der Waals surface area contributed by atoms with Gasteiger partial charge in [-0.3, -0.25) is 59.8 Å². The van der Waals surface area contributed by atoms with E-state index in [9.17, 15) is 51.5 Å². The van der Waals surface area contributed by atoms with E-state index in [4.69, 9.17) is 12.2 Å². The minimum Gasteiger partial charge on any atom is -0.377 e. The first kappa shape index (κ1) is 48.0. The van der Waals surface area contributed by atoms with Gasteiger partial charge in [-0.25, -0.2) is 22.8 Å². The molecule has 0 radical (unpaired) electrons. The lowest BCUT2D eigenvalue weighted by atomic mass is 10.1. The van der Waals surface area contributed by atoms with Gasteiger partial charge in [-0.1, -0.05) is 66.8 Å². The molecule has 3 heterocycles. The van der Waals surface area contributed by atoms with Gasteiger partial charge in [-0.05, 0) is 71.7 Å². The van der Waals surface area contributed by atoms with Crippen molar-refractivity contribution >= 4 is 103 Å². The number of urea groups is 2. The Bertz CT molecular complexity index is 2510. The Labute approximate surface area is 365 Å². The number of para-hydroxylation sites is 1. The van der Waals surface area contributed by atoms with Crippen LogP contribution in [0.15, 0.2) is 114 Å². The molecule has 0 spiro atoms. The lowest BCUT2D eigenvalue weighted by molar-refractivity contribution is -0.134. The lowest BCUT2D eigenvalue weighted by Gasteiger charge is -2.28. The molecular formula is C43H37F3N7O8PS. The van der Waals surface area contributed by atoms with Crippen LogP contribution in [0.5, 0.6) is 0 Å². The maximum Gasteiger partial charge on any atom is 0.333 e. The number of amides is 10. The summed E-state index contributed by atoms with van der Waals surface area (Å²) in [6.07, 6.45) is 12.4. The summed E-state index contributed by atoms with van der Waals surface area (Å²) in [6, 6.07) is 14.2. The van der Waals surface area contributed by atoms with Crippen molar-refractivity contribution in [2.24, 2.45) is 0 Å². The van der Waals surface area contributed by atoms with Crippen LogP contribution in [0.2, 0.25) is 0 Å². The number of nitrogens with one attached hydrogen (secondary N) is 4. The topological polar surface area (TPSA) is 194 Å². The largest absolute Gasteiger partial charge is 0.377 e. The van der Waals surface area contributed by atoms with Crippen molar-refractivity contribution in [3.8, 4) is 0 Å². The van der Waals surface area contributed by atoms with Crippen LogP contribution in [0.4, 0.5) is 28.4 Å². The molecule has 1 atom stereocenters. The number of imide groups is 4. The maximum atomic E-state index is 13.5. The number of thiocarbonyl (C=S) groups is 1. The average molecular weight is 900 g/mol. The molecule has 3 saturated heterocycles. The Morgan fingerprint density at radius 1 is 0.571 bits per heavy atom. The second-order valence-corrected chi connectivity index (χ2v) is 14.2. The highest BCUT2D eigenvalue weighted by Crippen LogP contribution is 2.20. The average Bonchev–Trinajstić information content (AvgIpc) is 3.22. The molecule has 20 heteroatoms. The predicted octanol–water partition coefficient (Wildman–Crippen LogP) is 3.81. The molecule has 0 aromatic heterocycles. The number of allylic oxidation sites excluding steroid dienone is 6.